The zero-order valence-corrected chi connectivity index (χ0v) is 10.7. The lowest BCUT2D eigenvalue weighted by molar-refractivity contribution is 0.371. The number of alkyl halides is 1. The Balaban J connectivity index is 1.86. The van der Waals surface area contributed by atoms with Crippen LogP contribution in [0.15, 0.2) is 0 Å². The molecule has 0 heterocycles. The standard InChI is InChI=1S/C11H22IN/c12-9-5-2-6-10-13-11-7-3-1-4-8-11/h11,13H,1-10H2. The Hall–Kier alpha value is 0.690. The Bertz CT molecular complexity index is 111. The van der Waals surface area contributed by atoms with Gasteiger partial charge in [0.25, 0.3) is 0 Å². The van der Waals surface area contributed by atoms with E-state index >= 15 is 0 Å². The van der Waals surface area contributed by atoms with Crippen molar-refractivity contribution in [3.05, 3.63) is 0 Å². The van der Waals surface area contributed by atoms with Crippen LogP contribution in [0.1, 0.15) is 51.4 Å². The fraction of sp³-hybridized carbons (Fsp3) is 1.00. The highest BCUT2D eigenvalue weighted by Gasteiger charge is 2.11. The van der Waals surface area contributed by atoms with Crippen molar-refractivity contribution >= 4 is 22.6 Å². The summed E-state index contributed by atoms with van der Waals surface area (Å²) in [6.45, 7) is 1.25. The van der Waals surface area contributed by atoms with Crippen molar-refractivity contribution in [3.8, 4) is 0 Å². The van der Waals surface area contributed by atoms with Crippen LogP contribution >= 0.6 is 22.6 Å². The Morgan fingerprint density at radius 1 is 1.00 bits per heavy atom. The van der Waals surface area contributed by atoms with E-state index in [2.05, 4.69) is 27.9 Å². The number of halogens is 1. The fourth-order valence-electron chi connectivity index (χ4n) is 2.01. The highest BCUT2D eigenvalue weighted by molar-refractivity contribution is 14.1. The summed E-state index contributed by atoms with van der Waals surface area (Å²) < 4.78 is 1.32. The molecule has 0 saturated heterocycles. The summed E-state index contributed by atoms with van der Waals surface area (Å²) in [5.41, 5.74) is 0. The second-order valence-corrected chi connectivity index (χ2v) is 5.12. The summed E-state index contributed by atoms with van der Waals surface area (Å²) in [5.74, 6) is 0. The molecule has 1 aliphatic carbocycles. The topological polar surface area (TPSA) is 12.0 Å². The second-order valence-electron chi connectivity index (χ2n) is 4.04. The lowest BCUT2D eigenvalue weighted by Crippen LogP contribution is -2.31. The van der Waals surface area contributed by atoms with Gasteiger partial charge in [-0.3, -0.25) is 0 Å². The van der Waals surface area contributed by atoms with E-state index in [1.807, 2.05) is 0 Å². The lowest BCUT2D eigenvalue weighted by atomic mass is 9.95. The van der Waals surface area contributed by atoms with E-state index < -0.39 is 0 Å². The zero-order chi connectivity index (χ0) is 9.36. The lowest BCUT2D eigenvalue weighted by Gasteiger charge is -2.22. The summed E-state index contributed by atoms with van der Waals surface area (Å²) >= 11 is 2.46. The highest BCUT2D eigenvalue weighted by Crippen LogP contribution is 2.17. The van der Waals surface area contributed by atoms with Gasteiger partial charge >= 0.3 is 0 Å². The number of hydrogen-bond acceptors (Lipinski definition) is 1. The number of hydrogen-bond donors (Lipinski definition) is 1. The molecule has 0 amide bonds. The van der Waals surface area contributed by atoms with Gasteiger partial charge in [0.05, 0.1) is 0 Å². The molecule has 1 aliphatic rings. The van der Waals surface area contributed by atoms with Crippen LogP contribution in [0, 0.1) is 0 Å². The van der Waals surface area contributed by atoms with Crippen molar-refractivity contribution in [1.82, 2.24) is 5.32 Å². The molecule has 0 aromatic heterocycles. The molecule has 0 spiro atoms. The summed E-state index contributed by atoms with van der Waals surface area (Å²) in [6.07, 6.45) is 11.4. The summed E-state index contributed by atoms with van der Waals surface area (Å²) in [7, 11) is 0. The number of nitrogens with one attached hydrogen (secondary N) is 1. The van der Waals surface area contributed by atoms with Crippen LogP contribution in [0.2, 0.25) is 0 Å². The SMILES string of the molecule is ICCCCCNC1CCCCC1. The second kappa shape index (κ2) is 8.04. The summed E-state index contributed by atoms with van der Waals surface area (Å²) in [5, 5.41) is 3.68. The largest absolute Gasteiger partial charge is 0.314 e. The van der Waals surface area contributed by atoms with Gasteiger partial charge in [0, 0.05) is 6.04 Å². The van der Waals surface area contributed by atoms with Crippen molar-refractivity contribution in [3.63, 3.8) is 0 Å². The van der Waals surface area contributed by atoms with Gasteiger partial charge in [-0.25, -0.2) is 0 Å². The van der Waals surface area contributed by atoms with Crippen molar-refractivity contribution in [2.45, 2.75) is 57.4 Å². The highest BCUT2D eigenvalue weighted by atomic mass is 127. The molecule has 0 aliphatic heterocycles. The quantitative estimate of drug-likeness (QED) is 0.449. The normalized spacial score (nSPS) is 19.2. The van der Waals surface area contributed by atoms with Crippen molar-refractivity contribution in [2.24, 2.45) is 0 Å². The van der Waals surface area contributed by atoms with Gasteiger partial charge in [-0.05, 0) is 36.7 Å². The van der Waals surface area contributed by atoms with Crippen LogP contribution in [0.3, 0.4) is 0 Å². The van der Waals surface area contributed by atoms with Crippen molar-refractivity contribution < 1.29 is 0 Å². The molecule has 1 N–H and O–H groups in total. The van der Waals surface area contributed by atoms with E-state index in [1.165, 1.54) is 62.3 Å². The molecule has 0 atom stereocenters. The molecule has 0 bridgehead atoms. The minimum Gasteiger partial charge on any atom is -0.314 e. The molecule has 2 heteroatoms. The van der Waals surface area contributed by atoms with E-state index in [4.69, 9.17) is 0 Å². The van der Waals surface area contributed by atoms with E-state index in [0.29, 0.717) is 0 Å². The molecule has 0 radical (unpaired) electrons. The van der Waals surface area contributed by atoms with Crippen LogP contribution in [0.5, 0.6) is 0 Å². The van der Waals surface area contributed by atoms with Gasteiger partial charge in [-0.1, -0.05) is 48.3 Å². The van der Waals surface area contributed by atoms with Crippen LogP contribution in [-0.4, -0.2) is 17.0 Å². The summed E-state index contributed by atoms with van der Waals surface area (Å²) in [6, 6.07) is 0.855. The Morgan fingerprint density at radius 2 is 1.77 bits per heavy atom. The third-order valence-electron chi connectivity index (χ3n) is 2.85. The molecule has 1 saturated carbocycles. The predicted molar refractivity (Wildman–Crippen MR) is 67.6 cm³/mol. The smallest absolute Gasteiger partial charge is 0.00670 e. The predicted octanol–water partition coefficient (Wildman–Crippen LogP) is 3.51. The van der Waals surface area contributed by atoms with Gasteiger partial charge in [-0.15, -0.1) is 0 Å². The van der Waals surface area contributed by atoms with E-state index in [0.717, 1.165) is 6.04 Å². The van der Waals surface area contributed by atoms with Crippen molar-refractivity contribution in [2.75, 3.05) is 11.0 Å². The minimum atomic E-state index is 0.855. The molecule has 0 aromatic rings. The number of unbranched alkanes of at least 4 members (excludes halogenated alkanes) is 2. The minimum absolute atomic E-state index is 0.855. The molecule has 0 aromatic carbocycles. The molecule has 1 rings (SSSR count). The molecule has 13 heavy (non-hydrogen) atoms. The van der Waals surface area contributed by atoms with Crippen LogP contribution in [0.4, 0.5) is 0 Å². The first-order valence-corrected chi connectivity index (χ1v) is 7.25. The fourth-order valence-corrected chi connectivity index (χ4v) is 2.55. The van der Waals surface area contributed by atoms with E-state index in [9.17, 15) is 0 Å². The average molecular weight is 295 g/mol. The van der Waals surface area contributed by atoms with Crippen LogP contribution in [-0.2, 0) is 0 Å². The van der Waals surface area contributed by atoms with E-state index in [-0.39, 0.29) is 0 Å². The first-order chi connectivity index (χ1) is 6.43. The van der Waals surface area contributed by atoms with E-state index in [1.54, 1.807) is 0 Å². The Morgan fingerprint density at radius 3 is 2.46 bits per heavy atom. The van der Waals surface area contributed by atoms with Crippen LogP contribution < -0.4 is 5.32 Å². The third-order valence-corrected chi connectivity index (χ3v) is 3.61. The maximum absolute atomic E-state index is 3.68. The maximum Gasteiger partial charge on any atom is 0.00670 e. The molecule has 78 valence electrons. The van der Waals surface area contributed by atoms with Gasteiger partial charge in [0.1, 0.15) is 0 Å². The molecule has 0 unspecified atom stereocenters. The average Bonchev–Trinajstić information content (AvgIpc) is 2.19. The zero-order valence-electron chi connectivity index (χ0n) is 8.53. The monoisotopic (exact) mass is 295 g/mol. The summed E-state index contributed by atoms with van der Waals surface area (Å²) in [4.78, 5) is 0. The first kappa shape index (κ1) is 11.8. The molecular formula is C11H22IN. The molecular weight excluding hydrogens is 273 g/mol. The maximum atomic E-state index is 3.68. The van der Waals surface area contributed by atoms with Gasteiger partial charge in [-0.2, -0.15) is 0 Å². The third kappa shape index (κ3) is 5.89. The first-order valence-electron chi connectivity index (χ1n) is 5.73. The van der Waals surface area contributed by atoms with Crippen LogP contribution in [0.25, 0.3) is 0 Å². The molecule has 1 nitrogen and oxygen atoms in total. The van der Waals surface area contributed by atoms with Gasteiger partial charge in [0.15, 0.2) is 0 Å². The van der Waals surface area contributed by atoms with Crippen molar-refractivity contribution in [1.29, 1.82) is 0 Å². The van der Waals surface area contributed by atoms with Gasteiger partial charge in [0.2, 0.25) is 0 Å². The Kier molecular flexibility index (Phi) is 7.27. The molecule has 1 fully saturated rings. The number of rotatable bonds is 6. The van der Waals surface area contributed by atoms with Gasteiger partial charge < -0.3 is 5.32 Å². The Labute approximate surface area is 96.2 Å².